The number of nitriles is 2. The number of hydrogen-bond donors (Lipinski definition) is 1. The summed E-state index contributed by atoms with van der Waals surface area (Å²) in [5, 5.41) is 43.4. The number of benzene rings is 2. The van der Waals surface area contributed by atoms with E-state index in [1.165, 1.54) is 36.0 Å². The van der Waals surface area contributed by atoms with Crippen molar-refractivity contribution in [1.29, 1.82) is 10.5 Å². The summed E-state index contributed by atoms with van der Waals surface area (Å²) >= 11 is 1.46. The number of aliphatic hydroxyl groups is 1. The minimum absolute atomic E-state index is 0.195. The van der Waals surface area contributed by atoms with E-state index in [1.807, 2.05) is 18.4 Å². The highest BCUT2D eigenvalue weighted by molar-refractivity contribution is 7.98. The van der Waals surface area contributed by atoms with Crippen molar-refractivity contribution in [1.82, 2.24) is 0 Å². The van der Waals surface area contributed by atoms with Gasteiger partial charge in [-0.15, -0.1) is 11.8 Å². The van der Waals surface area contributed by atoms with E-state index in [0.717, 1.165) is 19.1 Å². The maximum Gasteiger partial charge on any atom is 0.337 e. The van der Waals surface area contributed by atoms with Crippen LogP contribution < -0.4 is 0 Å². The Bertz CT molecular complexity index is 1290. The lowest BCUT2D eigenvalue weighted by molar-refractivity contribution is -0.384. The third-order valence-electron chi connectivity index (χ3n) is 6.28. The molecule has 3 atom stereocenters. The summed E-state index contributed by atoms with van der Waals surface area (Å²) in [6.07, 6.45) is 1.86. The third-order valence-corrected chi connectivity index (χ3v) is 7.02. The van der Waals surface area contributed by atoms with E-state index in [9.17, 15) is 35.3 Å². The Morgan fingerprint density at radius 1 is 1.03 bits per heavy atom. The molecule has 1 aliphatic carbocycles. The zero-order valence-corrected chi connectivity index (χ0v) is 20.3. The van der Waals surface area contributed by atoms with Gasteiger partial charge in [0, 0.05) is 22.9 Å². The summed E-state index contributed by atoms with van der Waals surface area (Å²) in [5.41, 5.74) is -2.22. The van der Waals surface area contributed by atoms with Gasteiger partial charge in [0.2, 0.25) is 0 Å². The molecule has 0 radical (unpaired) electrons. The molecule has 11 heteroatoms. The fraction of sp³-hybridized carbons (Fsp3) is 0.280. The van der Waals surface area contributed by atoms with Gasteiger partial charge >= 0.3 is 11.9 Å². The van der Waals surface area contributed by atoms with Crippen molar-refractivity contribution >= 4 is 29.4 Å². The number of nitro benzene ring substituents is 1. The van der Waals surface area contributed by atoms with Crippen LogP contribution in [0.5, 0.6) is 0 Å². The largest absolute Gasteiger partial charge is 0.511 e. The number of carbonyl (C=O) groups is 2. The molecule has 1 aliphatic rings. The van der Waals surface area contributed by atoms with Gasteiger partial charge in [0.05, 0.1) is 42.8 Å². The predicted molar refractivity (Wildman–Crippen MR) is 128 cm³/mol. The van der Waals surface area contributed by atoms with E-state index in [0.29, 0.717) is 5.56 Å². The molecule has 0 aromatic heterocycles. The highest BCUT2D eigenvalue weighted by Gasteiger charge is 2.61. The van der Waals surface area contributed by atoms with Crippen LogP contribution in [0.15, 0.2) is 64.8 Å². The van der Waals surface area contributed by atoms with E-state index in [4.69, 9.17) is 9.47 Å². The lowest BCUT2D eigenvalue weighted by Crippen LogP contribution is -2.47. The van der Waals surface area contributed by atoms with Crippen LogP contribution in [0.25, 0.3) is 0 Å². The molecule has 0 fully saturated rings. The zero-order chi connectivity index (χ0) is 26.6. The van der Waals surface area contributed by atoms with Crippen molar-refractivity contribution in [3.63, 3.8) is 0 Å². The van der Waals surface area contributed by atoms with E-state index in [-0.39, 0.29) is 11.3 Å². The molecule has 2 aromatic carbocycles. The van der Waals surface area contributed by atoms with Gasteiger partial charge in [0.15, 0.2) is 5.41 Å². The summed E-state index contributed by atoms with van der Waals surface area (Å²) in [5.74, 6) is -7.01. The van der Waals surface area contributed by atoms with Crippen LogP contribution in [0.4, 0.5) is 5.69 Å². The maximum atomic E-state index is 12.9. The molecule has 0 bridgehead atoms. The molecule has 0 heterocycles. The lowest BCUT2D eigenvalue weighted by atomic mass is 9.54. The number of thioether (sulfide) groups is 1. The predicted octanol–water partition coefficient (Wildman–Crippen LogP) is 4.01. The van der Waals surface area contributed by atoms with Crippen LogP contribution in [0, 0.1) is 44.1 Å². The number of nitro groups is 1. The van der Waals surface area contributed by atoms with Crippen LogP contribution in [0.2, 0.25) is 0 Å². The van der Waals surface area contributed by atoms with Gasteiger partial charge in [-0.1, -0.05) is 24.3 Å². The second-order valence-electron chi connectivity index (χ2n) is 7.92. The fourth-order valence-electron chi connectivity index (χ4n) is 4.63. The van der Waals surface area contributed by atoms with E-state index in [2.05, 4.69) is 0 Å². The van der Waals surface area contributed by atoms with Gasteiger partial charge in [-0.2, -0.15) is 10.5 Å². The van der Waals surface area contributed by atoms with Gasteiger partial charge in [-0.3, -0.25) is 14.9 Å². The molecule has 3 rings (SSSR count). The average molecular weight is 508 g/mol. The average Bonchev–Trinajstić information content (AvgIpc) is 2.91. The first-order valence-corrected chi connectivity index (χ1v) is 11.7. The number of aliphatic hydroxyl groups excluding tert-OH is 1. The highest BCUT2D eigenvalue weighted by atomic mass is 32.2. The Labute approximate surface area is 210 Å². The molecule has 0 unspecified atom stereocenters. The SMILES string of the molecule is COC(=O)C1=C(O)[C@H](C(=O)OC)[C@@H](c2ccc([N+](=O)[O-])cc2)C(C#N)(C#N)[C@@H]1c1ccc(SC)cc1. The van der Waals surface area contributed by atoms with Crippen molar-refractivity contribution in [2.75, 3.05) is 20.5 Å². The first kappa shape index (κ1) is 26.3. The maximum absolute atomic E-state index is 12.9. The third kappa shape index (κ3) is 4.25. The van der Waals surface area contributed by atoms with Crippen molar-refractivity contribution in [2.45, 2.75) is 16.7 Å². The molecule has 1 N–H and O–H groups in total. The summed E-state index contributed by atoms with van der Waals surface area (Å²) in [7, 11) is 2.14. The van der Waals surface area contributed by atoms with Gasteiger partial charge in [0.1, 0.15) is 11.7 Å². The monoisotopic (exact) mass is 507 g/mol. The quantitative estimate of drug-likeness (QED) is 0.261. The fourth-order valence-corrected chi connectivity index (χ4v) is 5.04. The van der Waals surface area contributed by atoms with E-state index in [1.54, 1.807) is 24.3 Å². The Hall–Kier alpha value is -4.35. The van der Waals surface area contributed by atoms with Crippen molar-refractivity contribution < 1.29 is 29.1 Å². The van der Waals surface area contributed by atoms with Crippen LogP contribution in [0.3, 0.4) is 0 Å². The first-order chi connectivity index (χ1) is 17.2. The standard InChI is InChI=1S/C25H21N3O7S/c1-34-23(30)18-20(14-4-8-16(9-5-14)28(32)33)25(12-26,13-27)21(19(22(18)29)24(31)35-2)15-6-10-17(36-3)11-7-15/h4-11,18,20-21,29H,1-3H3/t18-,20-,21-/m1/s1. The van der Waals surface area contributed by atoms with Crippen LogP contribution in [-0.4, -0.2) is 42.4 Å². The zero-order valence-electron chi connectivity index (χ0n) is 19.5. The molecule has 0 amide bonds. The van der Waals surface area contributed by atoms with Crippen molar-refractivity contribution in [3.8, 4) is 12.1 Å². The molecule has 0 saturated carbocycles. The van der Waals surface area contributed by atoms with Gasteiger partial charge in [0.25, 0.3) is 5.69 Å². The molecular weight excluding hydrogens is 486 g/mol. The van der Waals surface area contributed by atoms with Crippen molar-refractivity contribution in [3.05, 3.63) is 81.1 Å². The van der Waals surface area contributed by atoms with Crippen molar-refractivity contribution in [2.24, 2.45) is 11.3 Å². The lowest BCUT2D eigenvalue weighted by Gasteiger charge is -2.44. The minimum atomic E-state index is -2.12. The Balaban J connectivity index is 2.44. The molecule has 0 saturated heterocycles. The molecule has 0 aliphatic heterocycles. The van der Waals surface area contributed by atoms with Gasteiger partial charge in [-0.05, 0) is 29.5 Å². The smallest absolute Gasteiger partial charge is 0.337 e. The molecular formula is C25H21N3O7S. The van der Waals surface area contributed by atoms with Crippen LogP contribution in [0.1, 0.15) is 23.0 Å². The minimum Gasteiger partial charge on any atom is -0.511 e. The molecule has 36 heavy (non-hydrogen) atoms. The number of hydrogen-bond acceptors (Lipinski definition) is 10. The molecule has 2 aromatic rings. The highest BCUT2D eigenvalue weighted by Crippen LogP contribution is 2.59. The number of esters is 2. The Morgan fingerprint density at radius 2 is 1.58 bits per heavy atom. The summed E-state index contributed by atoms with van der Waals surface area (Å²) in [4.78, 5) is 37.3. The normalized spacial score (nSPS) is 20.5. The Kier molecular flexibility index (Phi) is 7.66. The number of non-ortho nitro benzene ring substituents is 1. The summed E-state index contributed by atoms with van der Waals surface area (Å²) in [6.45, 7) is 0. The second-order valence-corrected chi connectivity index (χ2v) is 8.80. The molecule has 10 nitrogen and oxygen atoms in total. The van der Waals surface area contributed by atoms with E-state index < -0.39 is 51.4 Å². The Morgan fingerprint density at radius 3 is 2.03 bits per heavy atom. The summed E-state index contributed by atoms with van der Waals surface area (Å²) in [6, 6.07) is 15.7. The number of methoxy groups -OCH3 is 2. The molecule has 0 spiro atoms. The first-order valence-electron chi connectivity index (χ1n) is 10.5. The van der Waals surface area contributed by atoms with Crippen LogP contribution in [-0.2, 0) is 19.1 Å². The number of nitrogens with zero attached hydrogens (tertiary/aromatic N) is 3. The van der Waals surface area contributed by atoms with E-state index >= 15 is 0 Å². The molecule has 184 valence electrons. The number of rotatable bonds is 6. The van der Waals surface area contributed by atoms with Gasteiger partial charge < -0.3 is 14.6 Å². The topological polar surface area (TPSA) is 164 Å². The number of ether oxygens (including phenoxy) is 2. The van der Waals surface area contributed by atoms with Gasteiger partial charge in [-0.25, -0.2) is 4.79 Å². The second kappa shape index (κ2) is 10.5. The summed E-state index contributed by atoms with van der Waals surface area (Å²) < 4.78 is 9.75. The van der Waals surface area contributed by atoms with Crippen LogP contribution >= 0.6 is 11.8 Å². The number of carbonyl (C=O) groups excluding carboxylic acids is 2.